The number of nitrogens with zero attached hydrogens (tertiary/aromatic N) is 1. The number of benzene rings is 1. The van der Waals surface area contributed by atoms with Gasteiger partial charge in [0.1, 0.15) is 0 Å². The molecule has 1 unspecified atom stereocenters. The van der Waals surface area contributed by atoms with E-state index in [1.54, 1.807) is 12.1 Å². The summed E-state index contributed by atoms with van der Waals surface area (Å²) in [7, 11) is -0.833. The Morgan fingerprint density at radius 3 is 2.71 bits per heavy atom. The van der Waals surface area contributed by atoms with E-state index in [1.165, 1.54) is 12.8 Å². The molecule has 0 aliphatic heterocycles. The zero-order valence-corrected chi connectivity index (χ0v) is 11.1. The maximum atomic E-state index is 12.1. The SMILES string of the molecule is N#Cc1ccc(CS(=O)C2CCCC2)c(Cl)c1. The summed E-state index contributed by atoms with van der Waals surface area (Å²) in [6.07, 6.45) is 4.52. The molecule has 0 heterocycles. The molecule has 1 aromatic carbocycles. The zero-order chi connectivity index (χ0) is 12.3. The lowest BCUT2D eigenvalue weighted by molar-refractivity contribution is 0.668. The second kappa shape index (κ2) is 5.66. The summed E-state index contributed by atoms with van der Waals surface area (Å²) in [5.41, 5.74) is 1.43. The maximum absolute atomic E-state index is 12.1. The van der Waals surface area contributed by atoms with E-state index in [1.807, 2.05) is 12.1 Å². The monoisotopic (exact) mass is 267 g/mol. The fourth-order valence-corrected chi connectivity index (χ4v) is 4.14. The molecular formula is C13H14ClNOS. The molecule has 0 radical (unpaired) electrons. The molecule has 1 aliphatic carbocycles. The highest BCUT2D eigenvalue weighted by Gasteiger charge is 2.21. The van der Waals surface area contributed by atoms with Crippen molar-refractivity contribution in [1.29, 1.82) is 5.26 Å². The molecule has 1 aromatic rings. The van der Waals surface area contributed by atoms with E-state index in [-0.39, 0.29) is 0 Å². The van der Waals surface area contributed by atoms with Gasteiger partial charge >= 0.3 is 0 Å². The normalized spacial score (nSPS) is 17.9. The third-order valence-electron chi connectivity index (χ3n) is 3.15. The second-order valence-corrected chi connectivity index (χ2v) is 6.47. The van der Waals surface area contributed by atoms with Crippen molar-refractivity contribution in [2.75, 3.05) is 0 Å². The number of rotatable bonds is 3. The number of hydrogen-bond donors (Lipinski definition) is 0. The summed E-state index contributed by atoms with van der Waals surface area (Å²) in [6, 6.07) is 7.23. The quantitative estimate of drug-likeness (QED) is 0.842. The molecule has 2 rings (SSSR count). The summed E-state index contributed by atoms with van der Waals surface area (Å²) in [6.45, 7) is 0. The van der Waals surface area contributed by atoms with Crippen LogP contribution in [0.1, 0.15) is 36.8 Å². The minimum Gasteiger partial charge on any atom is -0.259 e. The molecule has 0 spiro atoms. The van der Waals surface area contributed by atoms with Crippen LogP contribution in [0.4, 0.5) is 0 Å². The fourth-order valence-electron chi connectivity index (χ4n) is 2.16. The van der Waals surface area contributed by atoms with Crippen molar-refractivity contribution in [3.63, 3.8) is 0 Å². The smallest absolute Gasteiger partial charge is 0.0992 e. The Kier molecular flexibility index (Phi) is 4.20. The number of nitriles is 1. The van der Waals surface area contributed by atoms with Gasteiger partial charge in [-0.15, -0.1) is 0 Å². The lowest BCUT2D eigenvalue weighted by atomic mass is 10.2. The first-order valence-corrected chi connectivity index (χ1v) is 7.52. The summed E-state index contributed by atoms with van der Waals surface area (Å²) >= 11 is 6.07. The Bertz CT molecular complexity index is 475. The van der Waals surface area contributed by atoms with Crippen LogP contribution in [0.2, 0.25) is 5.02 Å². The minimum absolute atomic E-state index is 0.335. The van der Waals surface area contributed by atoms with Gasteiger partial charge < -0.3 is 0 Å². The van der Waals surface area contributed by atoms with Crippen LogP contribution in [0.5, 0.6) is 0 Å². The van der Waals surface area contributed by atoms with Gasteiger partial charge in [-0.1, -0.05) is 30.5 Å². The van der Waals surface area contributed by atoms with Crippen molar-refractivity contribution in [3.8, 4) is 6.07 Å². The Hall–Kier alpha value is -0.850. The van der Waals surface area contributed by atoms with Gasteiger partial charge in [-0.05, 0) is 30.5 Å². The van der Waals surface area contributed by atoms with Crippen LogP contribution in [0, 0.1) is 11.3 Å². The van der Waals surface area contributed by atoms with Crippen molar-refractivity contribution < 1.29 is 4.21 Å². The van der Waals surface area contributed by atoms with Crippen molar-refractivity contribution in [2.24, 2.45) is 0 Å². The van der Waals surface area contributed by atoms with Gasteiger partial charge in [-0.2, -0.15) is 5.26 Å². The van der Waals surface area contributed by atoms with E-state index >= 15 is 0 Å². The van der Waals surface area contributed by atoms with Gasteiger partial charge in [0.25, 0.3) is 0 Å². The molecular weight excluding hydrogens is 254 g/mol. The molecule has 0 aromatic heterocycles. The van der Waals surface area contributed by atoms with E-state index in [2.05, 4.69) is 0 Å². The molecule has 0 amide bonds. The largest absolute Gasteiger partial charge is 0.259 e. The predicted molar refractivity (Wildman–Crippen MR) is 70.3 cm³/mol. The first-order valence-electron chi connectivity index (χ1n) is 5.76. The van der Waals surface area contributed by atoms with E-state index in [4.69, 9.17) is 16.9 Å². The molecule has 1 saturated carbocycles. The molecule has 17 heavy (non-hydrogen) atoms. The Morgan fingerprint density at radius 2 is 2.12 bits per heavy atom. The molecule has 1 aliphatic rings. The molecule has 90 valence electrons. The van der Waals surface area contributed by atoms with Crippen LogP contribution >= 0.6 is 11.6 Å². The average Bonchev–Trinajstić information content (AvgIpc) is 2.85. The van der Waals surface area contributed by atoms with Crippen molar-refractivity contribution in [2.45, 2.75) is 36.7 Å². The Balaban J connectivity index is 2.08. The van der Waals surface area contributed by atoms with Crippen LogP contribution in [0.25, 0.3) is 0 Å². The molecule has 1 atom stereocenters. The molecule has 0 N–H and O–H groups in total. The first kappa shape index (κ1) is 12.6. The van der Waals surface area contributed by atoms with Gasteiger partial charge in [0.2, 0.25) is 0 Å². The molecule has 2 nitrogen and oxygen atoms in total. The fraction of sp³-hybridized carbons (Fsp3) is 0.462. The Morgan fingerprint density at radius 1 is 1.41 bits per heavy atom. The molecule has 0 saturated heterocycles. The topological polar surface area (TPSA) is 40.9 Å². The number of hydrogen-bond acceptors (Lipinski definition) is 2. The predicted octanol–water partition coefficient (Wildman–Crippen LogP) is 3.40. The second-order valence-electron chi connectivity index (χ2n) is 4.35. The Labute approximate surface area is 109 Å². The lowest BCUT2D eigenvalue weighted by Crippen LogP contribution is -2.12. The summed E-state index contributed by atoms with van der Waals surface area (Å²) < 4.78 is 12.1. The zero-order valence-electron chi connectivity index (χ0n) is 9.49. The van der Waals surface area contributed by atoms with Crippen molar-refractivity contribution >= 4 is 22.4 Å². The van der Waals surface area contributed by atoms with Crippen LogP contribution in [-0.2, 0) is 16.6 Å². The van der Waals surface area contributed by atoms with Crippen molar-refractivity contribution in [1.82, 2.24) is 0 Å². The van der Waals surface area contributed by atoms with Gasteiger partial charge in [0.15, 0.2) is 0 Å². The van der Waals surface area contributed by atoms with Gasteiger partial charge in [-0.3, -0.25) is 4.21 Å². The van der Waals surface area contributed by atoms with E-state index in [9.17, 15) is 4.21 Å². The highest BCUT2D eigenvalue weighted by molar-refractivity contribution is 7.84. The van der Waals surface area contributed by atoms with Crippen LogP contribution in [0.3, 0.4) is 0 Å². The highest BCUT2D eigenvalue weighted by atomic mass is 35.5. The van der Waals surface area contributed by atoms with Crippen LogP contribution < -0.4 is 0 Å². The van der Waals surface area contributed by atoms with Crippen molar-refractivity contribution in [3.05, 3.63) is 34.3 Å². The van der Waals surface area contributed by atoms with E-state index in [0.29, 0.717) is 21.6 Å². The first-order chi connectivity index (χ1) is 8.20. The summed E-state index contributed by atoms with van der Waals surface area (Å²) in [5, 5.41) is 9.63. The molecule has 4 heteroatoms. The van der Waals surface area contributed by atoms with Gasteiger partial charge in [-0.25, -0.2) is 0 Å². The van der Waals surface area contributed by atoms with Crippen LogP contribution in [0.15, 0.2) is 18.2 Å². The third kappa shape index (κ3) is 3.08. The highest BCUT2D eigenvalue weighted by Crippen LogP contribution is 2.26. The van der Waals surface area contributed by atoms with Gasteiger partial charge in [0, 0.05) is 21.1 Å². The summed E-state index contributed by atoms with van der Waals surface area (Å²) in [5.74, 6) is 0.509. The van der Waals surface area contributed by atoms with E-state index < -0.39 is 10.8 Å². The molecule has 0 bridgehead atoms. The lowest BCUT2D eigenvalue weighted by Gasteiger charge is -2.10. The standard InChI is InChI=1S/C13H14ClNOS/c14-13-7-10(8-15)5-6-11(13)9-17(16)12-3-1-2-4-12/h5-7,12H,1-4,9H2. The number of halogens is 1. The average molecular weight is 268 g/mol. The van der Waals surface area contributed by atoms with Gasteiger partial charge in [0.05, 0.1) is 17.4 Å². The minimum atomic E-state index is -0.833. The summed E-state index contributed by atoms with van der Waals surface area (Å²) in [4.78, 5) is 0. The molecule has 1 fully saturated rings. The maximum Gasteiger partial charge on any atom is 0.0992 e. The van der Waals surface area contributed by atoms with Crippen LogP contribution in [-0.4, -0.2) is 9.46 Å². The third-order valence-corrected chi connectivity index (χ3v) is 5.32. The van der Waals surface area contributed by atoms with E-state index in [0.717, 1.165) is 18.4 Å².